The number of hydrogen-bond acceptors (Lipinski definition) is 9. The molecule has 0 radical (unpaired) electrons. The number of rotatable bonds is 2. The molecule has 2 aliphatic rings. The molecule has 0 atom stereocenters. The van der Waals surface area contributed by atoms with Gasteiger partial charge < -0.3 is 25.7 Å². The normalized spacial score (nSPS) is 18.7. The van der Waals surface area contributed by atoms with Crippen molar-refractivity contribution >= 4 is 37.5 Å². The molecule has 2 heterocycles. The van der Waals surface area contributed by atoms with Crippen LogP contribution in [0, 0.1) is 13.8 Å². The summed E-state index contributed by atoms with van der Waals surface area (Å²) in [6.07, 6.45) is 0. The zero-order valence-corrected chi connectivity index (χ0v) is 24.9. The molecule has 0 bridgehead atoms. The molecule has 0 fully saturated rings. The van der Waals surface area contributed by atoms with E-state index in [0.29, 0.717) is 16.9 Å². The van der Waals surface area contributed by atoms with Crippen molar-refractivity contribution < 1.29 is 40.6 Å². The Morgan fingerprint density at radius 2 is 1.20 bits per heavy atom. The molecular weight excluding hydrogens is 562 g/mol. The average Bonchev–Trinajstić information content (AvgIpc) is 2.74. The van der Waals surface area contributed by atoms with Crippen molar-refractivity contribution in [3.8, 4) is 11.5 Å². The number of esters is 1. The van der Waals surface area contributed by atoms with E-state index in [2.05, 4.69) is 9.73 Å². The minimum absolute atomic E-state index is 0.0124. The molecule has 0 aromatic heterocycles. The van der Waals surface area contributed by atoms with Gasteiger partial charge in [-0.15, -0.1) is 0 Å². The summed E-state index contributed by atoms with van der Waals surface area (Å²) in [5.41, 5.74) is 10.3. The smallest absolute Gasteiger partial charge is 0.338 e. The molecule has 14 heteroatoms. The maximum absolute atomic E-state index is 12.3. The van der Waals surface area contributed by atoms with Gasteiger partial charge in [0.2, 0.25) is 0 Å². The van der Waals surface area contributed by atoms with Gasteiger partial charge in [-0.05, 0) is 76.9 Å². The predicted octanol–water partition coefficient (Wildman–Crippen LogP) is 2.08. The molecule has 0 unspecified atom stereocenters. The lowest BCUT2D eigenvalue weighted by atomic mass is 10.1. The molecule has 40 heavy (non-hydrogen) atoms. The first kappa shape index (κ1) is 30.9. The number of hydrogen-bond donors (Lipinski definition) is 2. The number of nitrogens with two attached hydrogens (primary N) is 2. The van der Waals surface area contributed by atoms with Crippen molar-refractivity contribution in [3.05, 3.63) is 46.5 Å². The molecule has 12 nitrogen and oxygen atoms in total. The second-order valence-electron chi connectivity index (χ2n) is 10.8. The standard InChI is InChI=1S/C13H17N3O4S.C13H16O5S/c1-7-4-9-10(5-8(7)11(17)16-12(14)15)21(18,19)6-13(2,3)20-9;1-8-5-10-11(6-9(8)12(14)17-4)19(15,16)7-13(2,3)18-10/h4-5H,6H2,1-3H3,(H4,14,15,16,17);5-6H,7H2,1-4H3. The highest BCUT2D eigenvalue weighted by molar-refractivity contribution is 7.92. The zero-order valence-electron chi connectivity index (χ0n) is 23.3. The van der Waals surface area contributed by atoms with E-state index in [-0.39, 0.29) is 44.1 Å². The fraction of sp³-hybridized carbons (Fsp3) is 0.423. The van der Waals surface area contributed by atoms with Gasteiger partial charge in [-0.2, -0.15) is 4.99 Å². The van der Waals surface area contributed by atoms with Gasteiger partial charge in [-0.25, -0.2) is 21.6 Å². The van der Waals surface area contributed by atoms with E-state index < -0.39 is 42.8 Å². The van der Waals surface area contributed by atoms with E-state index in [1.807, 2.05) is 0 Å². The number of nitrogens with zero attached hydrogens (tertiary/aromatic N) is 1. The first-order valence-corrected chi connectivity index (χ1v) is 15.3. The minimum Gasteiger partial charge on any atom is -0.485 e. The molecule has 218 valence electrons. The summed E-state index contributed by atoms with van der Waals surface area (Å²) in [5.74, 6) is -1.36. The third-order valence-electron chi connectivity index (χ3n) is 5.97. The van der Waals surface area contributed by atoms with Gasteiger partial charge in [-0.3, -0.25) is 4.79 Å². The Balaban J connectivity index is 0.000000222. The van der Waals surface area contributed by atoms with Crippen LogP contribution in [0.5, 0.6) is 11.5 Å². The highest BCUT2D eigenvalue weighted by atomic mass is 32.2. The van der Waals surface area contributed by atoms with Gasteiger partial charge in [0, 0.05) is 5.56 Å². The first-order valence-electron chi connectivity index (χ1n) is 12.0. The number of amides is 1. The Morgan fingerprint density at radius 1 is 0.800 bits per heavy atom. The third kappa shape index (κ3) is 6.55. The lowest BCUT2D eigenvalue weighted by Crippen LogP contribution is -2.41. The van der Waals surface area contributed by atoms with E-state index in [1.54, 1.807) is 47.6 Å². The van der Waals surface area contributed by atoms with E-state index in [1.165, 1.54) is 25.3 Å². The number of benzene rings is 2. The Bertz CT molecular complexity index is 1640. The first-order chi connectivity index (χ1) is 18.2. The predicted molar refractivity (Wildman–Crippen MR) is 147 cm³/mol. The van der Waals surface area contributed by atoms with E-state index in [0.717, 1.165) is 0 Å². The Hall–Kier alpha value is -3.65. The molecule has 0 saturated carbocycles. The van der Waals surface area contributed by atoms with Crippen LogP contribution in [0.1, 0.15) is 59.5 Å². The molecule has 2 aromatic carbocycles. The quantitative estimate of drug-likeness (QED) is 0.293. The maximum Gasteiger partial charge on any atom is 0.338 e. The van der Waals surface area contributed by atoms with Gasteiger partial charge in [0.05, 0.1) is 24.2 Å². The van der Waals surface area contributed by atoms with Crippen molar-refractivity contribution in [2.75, 3.05) is 18.6 Å². The van der Waals surface area contributed by atoms with Gasteiger partial charge in [-0.1, -0.05) is 0 Å². The Labute approximate surface area is 233 Å². The fourth-order valence-electron chi connectivity index (χ4n) is 4.43. The van der Waals surface area contributed by atoms with Gasteiger partial charge in [0.15, 0.2) is 25.6 Å². The van der Waals surface area contributed by atoms with Gasteiger partial charge in [0.1, 0.15) is 32.5 Å². The van der Waals surface area contributed by atoms with Gasteiger partial charge in [0.25, 0.3) is 5.91 Å². The van der Waals surface area contributed by atoms with E-state index in [4.69, 9.17) is 20.9 Å². The van der Waals surface area contributed by atoms with Gasteiger partial charge >= 0.3 is 5.97 Å². The largest absolute Gasteiger partial charge is 0.485 e. The minimum atomic E-state index is -3.54. The monoisotopic (exact) mass is 595 g/mol. The third-order valence-corrected chi connectivity index (χ3v) is 10.1. The lowest BCUT2D eigenvalue weighted by Gasteiger charge is -2.32. The summed E-state index contributed by atoms with van der Waals surface area (Å²) in [7, 11) is -5.74. The highest BCUT2D eigenvalue weighted by Gasteiger charge is 2.39. The van der Waals surface area contributed by atoms with Crippen LogP contribution in [0.3, 0.4) is 0 Å². The average molecular weight is 596 g/mol. The summed E-state index contributed by atoms with van der Waals surface area (Å²) in [6.45, 7) is 10.2. The second-order valence-corrected chi connectivity index (χ2v) is 14.7. The number of fused-ring (bicyclic) bond motifs is 2. The molecule has 2 aliphatic heterocycles. The van der Waals surface area contributed by atoms with Crippen LogP contribution in [0.25, 0.3) is 0 Å². The number of aryl methyl sites for hydroxylation is 2. The SMILES string of the molecule is COC(=O)c1cc2c(cc1C)OC(C)(C)CS2(=O)=O.Cc1cc2c(cc1C(=O)N=C(N)N)S(=O)(=O)CC(C)(C)O2. The number of methoxy groups -OCH3 is 1. The van der Waals surface area contributed by atoms with Crippen molar-refractivity contribution in [2.45, 2.75) is 62.5 Å². The molecule has 4 rings (SSSR count). The van der Waals surface area contributed by atoms with Crippen LogP contribution in [0.4, 0.5) is 0 Å². The zero-order chi connectivity index (χ0) is 30.4. The molecule has 0 aliphatic carbocycles. The van der Waals surface area contributed by atoms with Crippen LogP contribution in [-0.2, 0) is 24.4 Å². The number of carbonyl (C=O) groups excluding carboxylic acids is 2. The van der Waals surface area contributed by atoms with Crippen LogP contribution in [0.15, 0.2) is 39.0 Å². The summed E-state index contributed by atoms with van der Waals surface area (Å²) >= 11 is 0. The summed E-state index contributed by atoms with van der Waals surface area (Å²) in [5, 5.41) is 0. The van der Waals surface area contributed by atoms with Crippen molar-refractivity contribution in [1.82, 2.24) is 0 Å². The van der Waals surface area contributed by atoms with Crippen molar-refractivity contribution in [2.24, 2.45) is 16.5 Å². The second kappa shape index (κ2) is 10.4. The topological polar surface area (TPSA) is 195 Å². The summed E-state index contributed by atoms with van der Waals surface area (Å²) in [6, 6.07) is 5.69. The molecule has 2 aromatic rings. The Kier molecular flexibility index (Phi) is 8.02. The number of ether oxygens (including phenoxy) is 3. The number of aliphatic imine (C=N–C) groups is 1. The molecule has 1 amide bonds. The molecular formula is C26H33N3O9S2. The van der Waals surface area contributed by atoms with Crippen LogP contribution >= 0.6 is 0 Å². The van der Waals surface area contributed by atoms with E-state index in [9.17, 15) is 26.4 Å². The lowest BCUT2D eigenvalue weighted by molar-refractivity contribution is 0.0599. The van der Waals surface area contributed by atoms with Crippen molar-refractivity contribution in [1.29, 1.82) is 0 Å². The Morgan fingerprint density at radius 3 is 1.60 bits per heavy atom. The number of guanidine groups is 1. The number of carbonyl (C=O) groups is 2. The number of sulfone groups is 2. The van der Waals surface area contributed by atoms with Crippen molar-refractivity contribution in [3.63, 3.8) is 0 Å². The van der Waals surface area contributed by atoms with Crippen LogP contribution in [0.2, 0.25) is 0 Å². The van der Waals surface area contributed by atoms with E-state index >= 15 is 0 Å². The highest BCUT2D eigenvalue weighted by Crippen LogP contribution is 2.38. The molecule has 4 N–H and O–H groups in total. The van der Waals surface area contributed by atoms with Crippen LogP contribution in [-0.4, -0.2) is 64.5 Å². The summed E-state index contributed by atoms with van der Waals surface area (Å²) < 4.78 is 65.1. The maximum atomic E-state index is 12.3. The molecule has 0 saturated heterocycles. The fourth-order valence-corrected chi connectivity index (χ4v) is 8.10. The summed E-state index contributed by atoms with van der Waals surface area (Å²) in [4.78, 5) is 27.0. The molecule has 0 spiro atoms. The van der Waals surface area contributed by atoms with Crippen LogP contribution < -0.4 is 20.9 Å².